The van der Waals surface area contributed by atoms with E-state index in [1.54, 1.807) is 12.5 Å². The molecule has 2 aromatic heterocycles. The van der Waals surface area contributed by atoms with Gasteiger partial charge in [0.15, 0.2) is 0 Å². The molecular weight excluding hydrogens is 304 g/mol. The molecule has 0 bridgehead atoms. The Morgan fingerprint density at radius 1 is 1.29 bits per heavy atom. The van der Waals surface area contributed by atoms with Gasteiger partial charge in [0.05, 0.1) is 6.54 Å². The van der Waals surface area contributed by atoms with Gasteiger partial charge in [0.2, 0.25) is 5.91 Å². The first-order valence-electron chi connectivity index (χ1n) is 8.18. The van der Waals surface area contributed by atoms with Crippen LogP contribution in [0.3, 0.4) is 0 Å². The average Bonchev–Trinajstić information content (AvgIpc) is 2.56. The van der Waals surface area contributed by atoms with Crippen LogP contribution in [0.2, 0.25) is 0 Å². The summed E-state index contributed by atoms with van der Waals surface area (Å²) in [5, 5.41) is 3.18. The zero-order chi connectivity index (χ0) is 16.8. The molecule has 7 nitrogen and oxygen atoms in total. The molecule has 1 aliphatic rings. The van der Waals surface area contributed by atoms with Crippen LogP contribution in [0.25, 0.3) is 0 Å². The topological polar surface area (TPSA) is 97.0 Å². The van der Waals surface area contributed by atoms with E-state index in [2.05, 4.69) is 25.2 Å². The third kappa shape index (κ3) is 4.73. The number of nitrogens with zero attached hydrogens (tertiary/aromatic N) is 4. The highest BCUT2D eigenvalue weighted by Gasteiger charge is 2.21. The van der Waals surface area contributed by atoms with Crippen LogP contribution in [-0.2, 0) is 11.2 Å². The minimum atomic E-state index is -0.264. The summed E-state index contributed by atoms with van der Waals surface area (Å²) in [6.45, 7) is 2.17. The van der Waals surface area contributed by atoms with E-state index in [-0.39, 0.29) is 5.91 Å². The molecule has 3 rings (SSSR count). The lowest BCUT2D eigenvalue weighted by molar-refractivity contribution is -0.119. The molecule has 7 heteroatoms. The smallest absolute Gasteiger partial charge is 0.231 e. The van der Waals surface area contributed by atoms with Crippen molar-refractivity contribution in [3.8, 4) is 0 Å². The van der Waals surface area contributed by atoms with Crippen LogP contribution in [0.4, 0.5) is 11.6 Å². The minimum Gasteiger partial charge on any atom is -0.369 e. The van der Waals surface area contributed by atoms with Crippen molar-refractivity contribution < 1.29 is 4.79 Å². The summed E-state index contributed by atoms with van der Waals surface area (Å²) in [7, 11) is 0. The van der Waals surface area contributed by atoms with E-state index in [1.165, 1.54) is 0 Å². The number of carbonyl (C=O) groups excluding carboxylic acids is 1. The van der Waals surface area contributed by atoms with E-state index < -0.39 is 0 Å². The highest BCUT2D eigenvalue weighted by atomic mass is 16.1. The zero-order valence-corrected chi connectivity index (χ0v) is 13.6. The lowest BCUT2D eigenvalue weighted by Gasteiger charge is -2.31. The van der Waals surface area contributed by atoms with E-state index in [9.17, 15) is 4.79 Å². The van der Waals surface area contributed by atoms with Gasteiger partial charge in [0, 0.05) is 24.5 Å². The number of piperidine rings is 1. The van der Waals surface area contributed by atoms with Crippen molar-refractivity contribution in [3.63, 3.8) is 0 Å². The Bertz CT molecular complexity index is 678. The Hall–Kier alpha value is -2.54. The van der Waals surface area contributed by atoms with Crippen LogP contribution < -0.4 is 11.1 Å². The van der Waals surface area contributed by atoms with E-state index in [0.29, 0.717) is 12.5 Å². The maximum absolute atomic E-state index is 11.1. The number of carbonyl (C=O) groups is 1. The molecule has 2 aromatic rings. The predicted molar refractivity (Wildman–Crippen MR) is 91.6 cm³/mol. The second-order valence-corrected chi connectivity index (χ2v) is 6.15. The Morgan fingerprint density at radius 2 is 2.21 bits per heavy atom. The van der Waals surface area contributed by atoms with Gasteiger partial charge in [-0.25, -0.2) is 15.0 Å². The van der Waals surface area contributed by atoms with Gasteiger partial charge in [0.25, 0.3) is 0 Å². The summed E-state index contributed by atoms with van der Waals surface area (Å²) >= 11 is 0. The molecule has 0 aliphatic carbocycles. The lowest BCUT2D eigenvalue weighted by atomic mass is 9.93. The van der Waals surface area contributed by atoms with Gasteiger partial charge in [-0.2, -0.15) is 0 Å². The molecule has 3 heterocycles. The van der Waals surface area contributed by atoms with E-state index in [4.69, 9.17) is 5.73 Å². The highest BCUT2D eigenvalue weighted by molar-refractivity contribution is 5.75. The fraction of sp³-hybridized carbons (Fsp3) is 0.412. The third-order valence-corrected chi connectivity index (χ3v) is 4.13. The molecule has 0 unspecified atom stereocenters. The first kappa shape index (κ1) is 16.3. The number of amides is 1. The van der Waals surface area contributed by atoms with Crippen molar-refractivity contribution in [3.05, 3.63) is 42.5 Å². The van der Waals surface area contributed by atoms with Crippen molar-refractivity contribution in [1.29, 1.82) is 0 Å². The molecule has 1 fully saturated rings. The minimum absolute atomic E-state index is 0.264. The largest absolute Gasteiger partial charge is 0.369 e. The summed E-state index contributed by atoms with van der Waals surface area (Å²) in [4.78, 5) is 26.1. The Morgan fingerprint density at radius 3 is 3.00 bits per heavy atom. The Balaban J connectivity index is 1.61. The van der Waals surface area contributed by atoms with Gasteiger partial charge < -0.3 is 11.1 Å². The Labute approximate surface area is 141 Å². The molecule has 1 atom stereocenters. The first-order valence-corrected chi connectivity index (χ1v) is 8.18. The number of hydrogen-bond donors (Lipinski definition) is 2. The van der Waals surface area contributed by atoms with Crippen molar-refractivity contribution in [2.45, 2.75) is 19.3 Å². The van der Waals surface area contributed by atoms with E-state index >= 15 is 0 Å². The molecule has 0 aromatic carbocycles. The van der Waals surface area contributed by atoms with Crippen LogP contribution in [0.1, 0.15) is 18.5 Å². The van der Waals surface area contributed by atoms with Gasteiger partial charge >= 0.3 is 0 Å². The molecule has 0 saturated carbocycles. The molecule has 24 heavy (non-hydrogen) atoms. The van der Waals surface area contributed by atoms with Gasteiger partial charge in [-0.05, 0) is 43.9 Å². The highest BCUT2D eigenvalue weighted by Crippen LogP contribution is 2.21. The number of nitrogens with two attached hydrogens (primary N) is 1. The summed E-state index contributed by atoms with van der Waals surface area (Å²) in [6, 6.07) is 7.65. The number of rotatable bonds is 6. The van der Waals surface area contributed by atoms with Crippen LogP contribution in [0.5, 0.6) is 0 Å². The summed E-state index contributed by atoms with van der Waals surface area (Å²) in [6.07, 6.45) is 6.41. The van der Waals surface area contributed by atoms with Gasteiger partial charge in [-0.3, -0.25) is 9.69 Å². The monoisotopic (exact) mass is 326 g/mol. The number of anilines is 2. The van der Waals surface area contributed by atoms with Crippen LogP contribution in [0, 0.1) is 5.92 Å². The molecule has 0 spiro atoms. The van der Waals surface area contributed by atoms with E-state index in [0.717, 1.165) is 49.7 Å². The number of nitrogens with one attached hydrogen (secondary N) is 1. The lowest BCUT2D eigenvalue weighted by Crippen LogP contribution is -2.41. The summed E-state index contributed by atoms with van der Waals surface area (Å²) in [5.41, 5.74) is 6.29. The number of likely N-dealkylation sites (tertiary alicyclic amines) is 1. The summed E-state index contributed by atoms with van der Waals surface area (Å²) < 4.78 is 0. The maximum Gasteiger partial charge on any atom is 0.231 e. The SMILES string of the molecule is NC(=O)CN1CCC[C@H](Cc2cc(Nc3ccccn3)ncn2)C1. The standard InChI is InChI=1S/C17H22N6O/c18-15(24)11-23-7-3-4-13(10-23)8-14-9-17(21-12-20-14)22-16-5-1-2-6-19-16/h1-2,5-6,9,12-13H,3-4,7-8,10-11H2,(H2,18,24)(H,19,20,21,22)/t13-/m1/s1. The second kappa shape index (κ2) is 7.83. The molecule has 1 aliphatic heterocycles. The van der Waals surface area contributed by atoms with Gasteiger partial charge in [0.1, 0.15) is 18.0 Å². The van der Waals surface area contributed by atoms with E-state index in [1.807, 2.05) is 24.3 Å². The average molecular weight is 326 g/mol. The second-order valence-electron chi connectivity index (χ2n) is 6.15. The van der Waals surface area contributed by atoms with Crippen molar-refractivity contribution in [1.82, 2.24) is 19.9 Å². The maximum atomic E-state index is 11.1. The molecule has 1 amide bonds. The van der Waals surface area contributed by atoms with Crippen LogP contribution >= 0.6 is 0 Å². The molecule has 126 valence electrons. The number of hydrogen-bond acceptors (Lipinski definition) is 6. The predicted octanol–water partition coefficient (Wildman–Crippen LogP) is 1.35. The van der Waals surface area contributed by atoms with Crippen molar-refractivity contribution in [2.24, 2.45) is 11.7 Å². The molecule has 1 saturated heterocycles. The van der Waals surface area contributed by atoms with Gasteiger partial charge in [-0.15, -0.1) is 0 Å². The summed E-state index contributed by atoms with van der Waals surface area (Å²) in [5.74, 6) is 1.71. The fourth-order valence-corrected chi connectivity index (χ4v) is 3.12. The van der Waals surface area contributed by atoms with Crippen molar-refractivity contribution in [2.75, 3.05) is 25.0 Å². The molecule has 3 N–H and O–H groups in total. The quantitative estimate of drug-likeness (QED) is 0.832. The van der Waals surface area contributed by atoms with Gasteiger partial charge in [-0.1, -0.05) is 6.07 Å². The first-order chi connectivity index (χ1) is 11.7. The van der Waals surface area contributed by atoms with Crippen molar-refractivity contribution >= 4 is 17.5 Å². The van der Waals surface area contributed by atoms with Crippen LogP contribution in [-0.4, -0.2) is 45.4 Å². The third-order valence-electron chi connectivity index (χ3n) is 4.13. The zero-order valence-electron chi connectivity index (χ0n) is 13.6. The Kier molecular flexibility index (Phi) is 5.32. The molecule has 0 radical (unpaired) electrons. The molecular formula is C17H22N6O. The number of primary amides is 1. The number of aromatic nitrogens is 3. The fourth-order valence-electron chi connectivity index (χ4n) is 3.12. The van der Waals surface area contributed by atoms with Crippen LogP contribution in [0.15, 0.2) is 36.8 Å². The number of pyridine rings is 1. The normalized spacial score (nSPS) is 18.2.